The molecule has 2 rings (SSSR count). The molecule has 0 aromatic heterocycles. The van der Waals surface area contributed by atoms with E-state index in [1.54, 1.807) is 36.1 Å². The number of fused-ring (bicyclic) bond motifs is 1. The molecule has 0 radical (unpaired) electrons. The van der Waals surface area contributed by atoms with E-state index >= 15 is 0 Å². The molecule has 0 aliphatic carbocycles. The van der Waals surface area contributed by atoms with Crippen LogP contribution in [0.5, 0.6) is 0 Å². The molecule has 1 unspecified atom stereocenters. The van der Waals surface area contributed by atoms with Crippen molar-refractivity contribution >= 4 is 23.7 Å². The van der Waals surface area contributed by atoms with E-state index in [1.807, 2.05) is 0 Å². The molecule has 0 bridgehead atoms. The van der Waals surface area contributed by atoms with E-state index in [4.69, 9.17) is 0 Å². The topological polar surface area (TPSA) is 84.0 Å². The van der Waals surface area contributed by atoms with Gasteiger partial charge in [-0.2, -0.15) is 0 Å². The van der Waals surface area contributed by atoms with Gasteiger partial charge in [-0.25, -0.2) is 0 Å². The van der Waals surface area contributed by atoms with Crippen molar-refractivity contribution in [2.45, 2.75) is 45.6 Å². The molecule has 0 saturated heterocycles. The summed E-state index contributed by atoms with van der Waals surface area (Å²) in [6.07, 6.45) is 2.80. The lowest BCUT2D eigenvalue weighted by molar-refractivity contribution is -0.142. The van der Waals surface area contributed by atoms with Crippen LogP contribution in [0.15, 0.2) is 24.3 Å². The Morgan fingerprint density at radius 2 is 1.67 bits per heavy atom. The van der Waals surface area contributed by atoms with Crippen molar-refractivity contribution in [3.8, 4) is 0 Å². The maximum atomic E-state index is 13.0. The molecule has 7 heteroatoms. The van der Waals surface area contributed by atoms with Gasteiger partial charge in [-0.15, -0.1) is 0 Å². The largest absolute Gasteiger partial charge is 0.469 e. The average molecular weight is 374 g/mol. The molecule has 0 N–H and O–H groups in total. The standard InChI is InChI=1S/C20H26N2O5/c1-4-5-8-12-21(13-11-17(23)27-3)18(24)14(2)22-19(25)15-9-6-7-10-16(15)20(22)26/h6-7,9-10,14H,4-5,8,11-13H2,1-3H3. The van der Waals surface area contributed by atoms with Gasteiger partial charge in [-0.05, 0) is 25.5 Å². The Morgan fingerprint density at radius 1 is 1.07 bits per heavy atom. The van der Waals surface area contributed by atoms with Gasteiger partial charge in [-0.3, -0.25) is 24.1 Å². The normalized spacial score (nSPS) is 14.1. The minimum absolute atomic E-state index is 0.0726. The molecule has 0 fully saturated rings. The van der Waals surface area contributed by atoms with Gasteiger partial charge in [0.25, 0.3) is 11.8 Å². The van der Waals surface area contributed by atoms with Gasteiger partial charge in [0.1, 0.15) is 6.04 Å². The molecular formula is C20H26N2O5. The Bertz CT molecular complexity index is 696. The number of hydrogen-bond acceptors (Lipinski definition) is 5. The predicted octanol–water partition coefficient (Wildman–Crippen LogP) is 2.25. The molecule has 1 aromatic rings. The Kier molecular flexibility index (Phi) is 7.10. The molecule has 1 aromatic carbocycles. The first kappa shape index (κ1) is 20.6. The third-order valence-corrected chi connectivity index (χ3v) is 4.73. The van der Waals surface area contributed by atoms with Crippen LogP contribution in [0.4, 0.5) is 0 Å². The number of amides is 3. The Balaban J connectivity index is 2.14. The van der Waals surface area contributed by atoms with E-state index < -0.39 is 23.8 Å². The van der Waals surface area contributed by atoms with Gasteiger partial charge in [-0.1, -0.05) is 31.9 Å². The lowest BCUT2D eigenvalue weighted by Gasteiger charge is -2.29. The number of carbonyl (C=O) groups is 4. The number of hydrogen-bond donors (Lipinski definition) is 0. The van der Waals surface area contributed by atoms with Gasteiger partial charge in [0.15, 0.2) is 0 Å². The fraction of sp³-hybridized carbons (Fsp3) is 0.500. The molecule has 1 aliphatic rings. The van der Waals surface area contributed by atoms with E-state index in [9.17, 15) is 19.2 Å². The molecule has 1 heterocycles. The summed E-state index contributed by atoms with van der Waals surface area (Å²) in [7, 11) is 1.30. The smallest absolute Gasteiger partial charge is 0.307 e. The van der Waals surface area contributed by atoms with Gasteiger partial charge in [0.2, 0.25) is 5.91 Å². The molecule has 0 spiro atoms. The summed E-state index contributed by atoms with van der Waals surface area (Å²) in [5.41, 5.74) is 0.628. The van der Waals surface area contributed by atoms with E-state index in [1.165, 1.54) is 7.11 Å². The van der Waals surface area contributed by atoms with Crippen LogP contribution in [0.2, 0.25) is 0 Å². The van der Waals surface area contributed by atoms with Crippen molar-refractivity contribution in [3.05, 3.63) is 35.4 Å². The second-order valence-electron chi connectivity index (χ2n) is 6.56. The summed E-state index contributed by atoms with van der Waals surface area (Å²) in [4.78, 5) is 52.2. The zero-order valence-corrected chi connectivity index (χ0v) is 16.1. The van der Waals surface area contributed by atoms with Gasteiger partial charge in [0, 0.05) is 13.1 Å². The zero-order valence-electron chi connectivity index (χ0n) is 16.1. The van der Waals surface area contributed by atoms with Crippen molar-refractivity contribution in [3.63, 3.8) is 0 Å². The Morgan fingerprint density at radius 3 is 2.19 bits per heavy atom. The minimum atomic E-state index is -0.934. The van der Waals surface area contributed by atoms with Crippen molar-refractivity contribution in [2.75, 3.05) is 20.2 Å². The average Bonchev–Trinajstić information content (AvgIpc) is 2.94. The number of carbonyl (C=O) groups excluding carboxylic acids is 4. The van der Waals surface area contributed by atoms with Crippen molar-refractivity contribution in [1.29, 1.82) is 0 Å². The summed E-state index contributed by atoms with van der Waals surface area (Å²) in [6.45, 7) is 4.27. The van der Waals surface area contributed by atoms with Crippen molar-refractivity contribution < 1.29 is 23.9 Å². The summed E-state index contributed by atoms with van der Waals surface area (Å²) in [5.74, 6) is -1.67. The minimum Gasteiger partial charge on any atom is -0.469 e. The summed E-state index contributed by atoms with van der Waals surface area (Å²) >= 11 is 0. The molecule has 146 valence electrons. The maximum Gasteiger partial charge on any atom is 0.307 e. The second kappa shape index (κ2) is 9.30. The first-order valence-electron chi connectivity index (χ1n) is 9.24. The number of rotatable bonds is 9. The second-order valence-corrected chi connectivity index (χ2v) is 6.56. The number of unbranched alkanes of at least 4 members (excludes halogenated alkanes) is 2. The lowest BCUT2D eigenvalue weighted by atomic mass is 10.1. The Labute approximate surface area is 159 Å². The highest BCUT2D eigenvalue weighted by molar-refractivity contribution is 6.22. The van der Waals surface area contributed by atoms with Crippen molar-refractivity contribution in [1.82, 2.24) is 9.80 Å². The lowest BCUT2D eigenvalue weighted by Crippen LogP contribution is -2.50. The molecular weight excluding hydrogens is 348 g/mol. The van der Waals surface area contributed by atoms with Gasteiger partial charge in [0.05, 0.1) is 24.7 Å². The highest BCUT2D eigenvalue weighted by Gasteiger charge is 2.41. The van der Waals surface area contributed by atoms with Crippen LogP contribution in [0.25, 0.3) is 0 Å². The highest BCUT2D eigenvalue weighted by Crippen LogP contribution is 2.25. The van der Waals surface area contributed by atoms with Crippen LogP contribution >= 0.6 is 0 Å². The molecule has 3 amide bonds. The van der Waals surface area contributed by atoms with Crippen LogP contribution in [0.1, 0.15) is 60.2 Å². The number of ether oxygens (including phenoxy) is 1. The van der Waals surface area contributed by atoms with E-state index in [0.29, 0.717) is 17.7 Å². The van der Waals surface area contributed by atoms with Crippen molar-refractivity contribution in [2.24, 2.45) is 0 Å². The zero-order chi connectivity index (χ0) is 20.0. The summed E-state index contributed by atoms with van der Waals surface area (Å²) in [5, 5.41) is 0. The van der Waals surface area contributed by atoms with E-state index in [2.05, 4.69) is 11.7 Å². The predicted molar refractivity (Wildman–Crippen MR) is 99.1 cm³/mol. The molecule has 7 nitrogen and oxygen atoms in total. The maximum absolute atomic E-state index is 13.0. The number of benzene rings is 1. The fourth-order valence-electron chi connectivity index (χ4n) is 3.15. The van der Waals surface area contributed by atoms with Crippen LogP contribution < -0.4 is 0 Å². The summed E-state index contributed by atoms with van der Waals surface area (Å²) < 4.78 is 4.65. The molecule has 0 saturated carbocycles. The number of nitrogens with zero attached hydrogens (tertiary/aromatic N) is 2. The molecule has 1 aliphatic heterocycles. The number of imide groups is 1. The van der Waals surface area contributed by atoms with Gasteiger partial charge >= 0.3 is 5.97 Å². The fourth-order valence-corrected chi connectivity index (χ4v) is 3.15. The van der Waals surface area contributed by atoms with Crippen LogP contribution in [0, 0.1) is 0 Å². The van der Waals surface area contributed by atoms with Crippen LogP contribution in [-0.2, 0) is 14.3 Å². The SMILES string of the molecule is CCCCCN(CCC(=O)OC)C(=O)C(C)N1C(=O)c2ccccc2C1=O. The molecule has 27 heavy (non-hydrogen) atoms. The summed E-state index contributed by atoms with van der Waals surface area (Å²) in [6, 6.07) is 5.61. The highest BCUT2D eigenvalue weighted by atomic mass is 16.5. The van der Waals surface area contributed by atoms with E-state index in [-0.39, 0.29) is 18.9 Å². The molecule has 1 atom stereocenters. The quantitative estimate of drug-likeness (QED) is 0.376. The monoisotopic (exact) mass is 374 g/mol. The Hall–Kier alpha value is -2.70. The number of esters is 1. The van der Waals surface area contributed by atoms with E-state index in [0.717, 1.165) is 24.2 Å². The third kappa shape index (κ3) is 4.53. The first-order chi connectivity index (χ1) is 12.9. The third-order valence-electron chi connectivity index (χ3n) is 4.73. The number of methoxy groups -OCH3 is 1. The first-order valence-corrected chi connectivity index (χ1v) is 9.24. The van der Waals surface area contributed by atoms with Gasteiger partial charge < -0.3 is 9.64 Å². The van der Waals surface area contributed by atoms with Crippen LogP contribution in [0.3, 0.4) is 0 Å². The van der Waals surface area contributed by atoms with Crippen LogP contribution in [-0.4, -0.2) is 59.7 Å².